The van der Waals surface area contributed by atoms with Crippen molar-refractivity contribution < 1.29 is 19.5 Å². The molecule has 0 bridgehead atoms. The first-order chi connectivity index (χ1) is 10.5. The van der Waals surface area contributed by atoms with Crippen molar-refractivity contribution in [1.29, 1.82) is 0 Å². The van der Waals surface area contributed by atoms with E-state index < -0.39 is 17.7 Å². The Hall–Kier alpha value is -3.15. The van der Waals surface area contributed by atoms with E-state index in [0.717, 1.165) is 0 Å². The van der Waals surface area contributed by atoms with Crippen molar-refractivity contribution >= 4 is 23.4 Å². The van der Waals surface area contributed by atoms with E-state index in [1.165, 1.54) is 18.2 Å². The van der Waals surface area contributed by atoms with Crippen LogP contribution in [0.3, 0.4) is 0 Å². The molecule has 0 saturated heterocycles. The fourth-order valence-electron chi connectivity index (χ4n) is 2.20. The third-order valence-corrected chi connectivity index (χ3v) is 3.47. The van der Waals surface area contributed by atoms with Crippen LogP contribution in [0.15, 0.2) is 36.4 Å². The maximum atomic E-state index is 12.1. The SMILES string of the molecule is Cc1ccc(C(=O)Nc2ccc3c(c2)C(=O)NC3=O)cc1O. The Bertz CT molecular complexity index is 827. The molecule has 6 nitrogen and oxygen atoms in total. The number of benzene rings is 2. The summed E-state index contributed by atoms with van der Waals surface area (Å²) in [7, 11) is 0. The molecule has 0 aromatic heterocycles. The zero-order valence-corrected chi connectivity index (χ0v) is 11.6. The van der Waals surface area contributed by atoms with Crippen molar-refractivity contribution in [3.05, 3.63) is 58.7 Å². The summed E-state index contributed by atoms with van der Waals surface area (Å²) in [5.41, 5.74) is 1.88. The second-order valence-electron chi connectivity index (χ2n) is 5.00. The minimum atomic E-state index is -0.482. The number of hydrogen-bond donors (Lipinski definition) is 3. The van der Waals surface area contributed by atoms with Crippen molar-refractivity contribution in [3.63, 3.8) is 0 Å². The molecule has 0 atom stereocenters. The third-order valence-electron chi connectivity index (χ3n) is 3.47. The summed E-state index contributed by atoms with van der Waals surface area (Å²) >= 11 is 0. The van der Waals surface area contributed by atoms with Gasteiger partial charge in [0.25, 0.3) is 17.7 Å². The van der Waals surface area contributed by atoms with Crippen LogP contribution in [-0.2, 0) is 0 Å². The molecular formula is C16H12N2O4. The summed E-state index contributed by atoms with van der Waals surface area (Å²) in [5, 5.41) is 14.4. The lowest BCUT2D eigenvalue weighted by atomic mass is 10.1. The molecule has 22 heavy (non-hydrogen) atoms. The van der Waals surface area contributed by atoms with E-state index in [1.807, 2.05) is 0 Å². The van der Waals surface area contributed by atoms with Gasteiger partial charge in [-0.1, -0.05) is 6.07 Å². The molecule has 0 unspecified atom stereocenters. The van der Waals surface area contributed by atoms with E-state index in [2.05, 4.69) is 10.6 Å². The van der Waals surface area contributed by atoms with E-state index in [-0.39, 0.29) is 16.9 Å². The molecule has 3 N–H and O–H groups in total. The number of aromatic hydroxyl groups is 1. The molecule has 1 aliphatic rings. The van der Waals surface area contributed by atoms with Crippen LogP contribution in [0, 0.1) is 6.92 Å². The highest BCUT2D eigenvalue weighted by atomic mass is 16.3. The van der Waals surface area contributed by atoms with E-state index in [4.69, 9.17) is 0 Å². The smallest absolute Gasteiger partial charge is 0.259 e. The summed E-state index contributed by atoms with van der Waals surface area (Å²) < 4.78 is 0. The predicted octanol–water partition coefficient (Wildman–Crippen LogP) is 1.84. The van der Waals surface area contributed by atoms with Crippen molar-refractivity contribution in [3.8, 4) is 5.75 Å². The molecule has 0 radical (unpaired) electrons. The molecule has 1 aliphatic heterocycles. The van der Waals surface area contributed by atoms with Gasteiger partial charge in [0.05, 0.1) is 11.1 Å². The number of phenols is 1. The summed E-state index contributed by atoms with van der Waals surface area (Å²) in [6, 6.07) is 9.07. The number of anilines is 1. The van der Waals surface area contributed by atoms with Crippen LogP contribution >= 0.6 is 0 Å². The highest BCUT2D eigenvalue weighted by Gasteiger charge is 2.26. The van der Waals surface area contributed by atoms with Crippen LogP contribution in [0.5, 0.6) is 5.75 Å². The van der Waals surface area contributed by atoms with E-state index in [1.54, 1.807) is 25.1 Å². The molecule has 6 heteroatoms. The topological polar surface area (TPSA) is 95.5 Å². The molecule has 110 valence electrons. The number of aryl methyl sites for hydroxylation is 1. The van der Waals surface area contributed by atoms with Crippen LogP contribution < -0.4 is 10.6 Å². The van der Waals surface area contributed by atoms with E-state index >= 15 is 0 Å². The molecule has 0 fully saturated rings. The molecule has 0 spiro atoms. The number of fused-ring (bicyclic) bond motifs is 1. The number of nitrogens with one attached hydrogen (secondary N) is 2. The lowest BCUT2D eigenvalue weighted by Crippen LogP contribution is -2.19. The van der Waals surface area contributed by atoms with Crippen molar-refractivity contribution in [2.45, 2.75) is 6.92 Å². The van der Waals surface area contributed by atoms with Gasteiger partial charge < -0.3 is 10.4 Å². The number of carbonyl (C=O) groups excluding carboxylic acids is 3. The standard InChI is InChI=1S/C16H12N2O4/c1-8-2-3-9(6-13(8)19)14(20)17-10-4-5-11-12(7-10)16(22)18-15(11)21/h2-7,19H,1H3,(H,17,20)(H,18,21,22). The lowest BCUT2D eigenvalue weighted by Gasteiger charge is -2.07. The number of phenolic OH excluding ortho intramolecular Hbond substituents is 1. The van der Waals surface area contributed by atoms with E-state index in [9.17, 15) is 19.5 Å². The Morgan fingerprint density at radius 3 is 2.50 bits per heavy atom. The average molecular weight is 296 g/mol. The van der Waals surface area contributed by atoms with Crippen molar-refractivity contribution in [2.24, 2.45) is 0 Å². The zero-order chi connectivity index (χ0) is 15.9. The Labute approximate surface area is 125 Å². The van der Waals surface area contributed by atoms with Gasteiger partial charge in [-0.05, 0) is 42.8 Å². The highest BCUT2D eigenvalue weighted by Crippen LogP contribution is 2.22. The Balaban J connectivity index is 1.86. The van der Waals surface area contributed by atoms with Gasteiger partial charge in [-0.15, -0.1) is 0 Å². The quantitative estimate of drug-likeness (QED) is 0.737. The number of rotatable bonds is 2. The van der Waals surface area contributed by atoms with Gasteiger partial charge in [-0.25, -0.2) is 0 Å². The minimum absolute atomic E-state index is 0.0339. The lowest BCUT2D eigenvalue weighted by molar-refractivity contribution is 0.0878. The van der Waals surface area contributed by atoms with Crippen molar-refractivity contribution in [1.82, 2.24) is 5.32 Å². The maximum Gasteiger partial charge on any atom is 0.259 e. The summed E-state index contributed by atoms with van der Waals surface area (Å²) in [6.45, 7) is 1.73. The molecule has 0 aliphatic carbocycles. The second kappa shape index (κ2) is 5.00. The molecule has 1 heterocycles. The van der Waals surface area contributed by atoms with Crippen LogP contribution in [-0.4, -0.2) is 22.8 Å². The fraction of sp³-hybridized carbons (Fsp3) is 0.0625. The number of imide groups is 1. The maximum absolute atomic E-state index is 12.1. The van der Waals surface area contributed by atoms with Crippen LogP contribution in [0.4, 0.5) is 5.69 Å². The van der Waals surface area contributed by atoms with E-state index in [0.29, 0.717) is 16.8 Å². The molecule has 2 aromatic rings. The first kappa shape index (κ1) is 13.8. The van der Waals surface area contributed by atoms with Gasteiger partial charge in [0.2, 0.25) is 0 Å². The highest BCUT2D eigenvalue weighted by molar-refractivity contribution is 6.22. The number of carbonyl (C=O) groups is 3. The average Bonchev–Trinajstić information content (AvgIpc) is 2.76. The molecule has 3 rings (SSSR count). The van der Waals surface area contributed by atoms with Gasteiger partial charge in [0.1, 0.15) is 5.75 Å². The van der Waals surface area contributed by atoms with Gasteiger partial charge >= 0.3 is 0 Å². The third kappa shape index (κ3) is 2.31. The largest absolute Gasteiger partial charge is 0.508 e. The van der Waals surface area contributed by atoms with Gasteiger partial charge in [0.15, 0.2) is 0 Å². The fourth-order valence-corrected chi connectivity index (χ4v) is 2.20. The molecular weight excluding hydrogens is 284 g/mol. The van der Waals surface area contributed by atoms with Gasteiger partial charge in [-0.2, -0.15) is 0 Å². The monoisotopic (exact) mass is 296 g/mol. The Morgan fingerprint density at radius 1 is 1.05 bits per heavy atom. The molecule has 2 aromatic carbocycles. The summed E-state index contributed by atoms with van der Waals surface area (Å²) in [6.07, 6.45) is 0. The first-order valence-electron chi connectivity index (χ1n) is 6.56. The van der Waals surface area contributed by atoms with Crippen LogP contribution in [0.25, 0.3) is 0 Å². The predicted molar refractivity (Wildman–Crippen MR) is 79.0 cm³/mol. The zero-order valence-electron chi connectivity index (χ0n) is 11.6. The second-order valence-corrected chi connectivity index (χ2v) is 5.00. The minimum Gasteiger partial charge on any atom is -0.508 e. The number of amides is 3. The molecule has 0 saturated carbocycles. The number of hydrogen-bond acceptors (Lipinski definition) is 4. The van der Waals surface area contributed by atoms with Crippen LogP contribution in [0.2, 0.25) is 0 Å². The first-order valence-corrected chi connectivity index (χ1v) is 6.56. The van der Waals surface area contributed by atoms with Crippen molar-refractivity contribution in [2.75, 3.05) is 5.32 Å². The Morgan fingerprint density at radius 2 is 1.77 bits per heavy atom. The molecule has 3 amide bonds. The summed E-state index contributed by atoms with van der Waals surface area (Å²) in [4.78, 5) is 35.2. The Kier molecular flexibility index (Phi) is 3.14. The van der Waals surface area contributed by atoms with Crippen LogP contribution in [0.1, 0.15) is 36.6 Å². The normalized spacial score (nSPS) is 12.8. The van der Waals surface area contributed by atoms with Gasteiger partial charge in [0, 0.05) is 11.3 Å². The van der Waals surface area contributed by atoms with Gasteiger partial charge in [-0.3, -0.25) is 19.7 Å². The summed E-state index contributed by atoms with van der Waals surface area (Å²) in [5.74, 6) is -1.31.